The zero-order valence-corrected chi connectivity index (χ0v) is 15.9. The first kappa shape index (κ1) is 19.5. The van der Waals surface area contributed by atoms with E-state index in [0.717, 1.165) is 38.5 Å². The topological polar surface area (TPSA) is 24.5 Å². The molecule has 0 fully saturated rings. The SMILES string of the molecule is CCN(CC)CCCNCc1ccccc1OCc1ccc(C)cc1. The van der Waals surface area contributed by atoms with Gasteiger partial charge < -0.3 is 15.0 Å². The minimum absolute atomic E-state index is 0.610. The lowest BCUT2D eigenvalue weighted by Crippen LogP contribution is -2.27. The number of hydrogen-bond donors (Lipinski definition) is 1. The molecule has 3 nitrogen and oxygen atoms in total. The predicted octanol–water partition coefficient (Wildman–Crippen LogP) is 4.40. The van der Waals surface area contributed by atoms with E-state index in [1.54, 1.807) is 0 Å². The highest BCUT2D eigenvalue weighted by Crippen LogP contribution is 2.19. The van der Waals surface area contributed by atoms with Crippen LogP contribution in [-0.4, -0.2) is 31.1 Å². The van der Waals surface area contributed by atoms with Crippen LogP contribution in [0.25, 0.3) is 0 Å². The number of ether oxygens (including phenoxy) is 1. The summed E-state index contributed by atoms with van der Waals surface area (Å²) >= 11 is 0. The Bertz CT molecular complexity index is 606. The van der Waals surface area contributed by atoms with E-state index >= 15 is 0 Å². The zero-order chi connectivity index (χ0) is 17.9. The Morgan fingerprint density at radius 1 is 0.960 bits per heavy atom. The fourth-order valence-corrected chi connectivity index (χ4v) is 2.83. The number of aryl methyl sites for hydroxylation is 1. The zero-order valence-electron chi connectivity index (χ0n) is 15.9. The van der Waals surface area contributed by atoms with E-state index in [0.29, 0.717) is 6.61 Å². The Morgan fingerprint density at radius 3 is 2.40 bits per heavy atom. The minimum Gasteiger partial charge on any atom is -0.489 e. The standard InChI is InChI=1S/C22H32N2O/c1-4-24(5-2)16-8-15-23-17-21-9-6-7-10-22(21)25-18-20-13-11-19(3)12-14-20/h6-7,9-14,23H,4-5,8,15-18H2,1-3H3. The van der Waals surface area contributed by atoms with Crippen molar-refractivity contribution in [2.75, 3.05) is 26.2 Å². The molecule has 0 saturated carbocycles. The maximum atomic E-state index is 6.04. The van der Waals surface area contributed by atoms with E-state index in [-0.39, 0.29) is 0 Å². The molecule has 1 N–H and O–H groups in total. The third kappa shape index (κ3) is 6.89. The summed E-state index contributed by atoms with van der Waals surface area (Å²) in [5.41, 5.74) is 3.70. The second kappa shape index (κ2) is 10.9. The Morgan fingerprint density at radius 2 is 1.68 bits per heavy atom. The van der Waals surface area contributed by atoms with E-state index in [1.165, 1.54) is 23.1 Å². The van der Waals surface area contributed by atoms with E-state index in [4.69, 9.17) is 4.74 Å². The molecule has 0 unspecified atom stereocenters. The van der Waals surface area contributed by atoms with Crippen molar-refractivity contribution in [1.82, 2.24) is 10.2 Å². The van der Waals surface area contributed by atoms with Crippen molar-refractivity contribution in [3.05, 3.63) is 65.2 Å². The molecule has 0 heterocycles. The first-order valence-electron chi connectivity index (χ1n) is 9.42. The molecule has 0 spiro atoms. The molecule has 2 aromatic rings. The first-order chi connectivity index (χ1) is 12.2. The van der Waals surface area contributed by atoms with Crippen LogP contribution in [0.1, 0.15) is 37.0 Å². The fraction of sp³-hybridized carbons (Fsp3) is 0.455. The van der Waals surface area contributed by atoms with Crippen LogP contribution in [-0.2, 0) is 13.2 Å². The Labute approximate surface area is 153 Å². The van der Waals surface area contributed by atoms with Gasteiger partial charge in [0.05, 0.1) is 0 Å². The van der Waals surface area contributed by atoms with Gasteiger partial charge in [0.15, 0.2) is 0 Å². The summed E-state index contributed by atoms with van der Waals surface area (Å²) in [7, 11) is 0. The largest absolute Gasteiger partial charge is 0.489 e. The molecule has 0 atom stereocenters. The molecule has 0 aliphatic carbocycles. The van der Waals surface area contributed by atoms with Crippen molar-refractivity contribution in [2.24, 2.45) is 0 Å². The number of para-hydroxylation sites is 1. The normalized spacial score (nSPS) is 11.0. The van der Waals surface area contributed by atoms with Crippen molar-refractivity contribution in [1.29, 1.82) is 0 Å². The van der Waals surface area contributed by atoms with Crippen molar-refractivity contribution in [3.63, 3.8) is 0 Å². The number of nitrogens with one attached hydrogen (secondary N) is 1. The molecule has 0 bridgehead atoms. The van der Waals surface area contributed by atoms with Gasteiger partial charge in [-0.1, -0.05) is 61.9 Å². The van der Waals surface area contributed by atoms with Gasteiger partial charge in [0.25, 0.3) is 0 Å². The summed E-state index contributed by atoms with van der Waals surface area (Å²) in [5, 5.41) is 3.54. The summed E-state index contributed by atoms with van der Waals surface area (Å²) < 4.78 is 6.04. The van der Waals surface area contributed by atoms with Crippen molar-refractivity contribution >= 4 is 0 Å². The smallest absolute Gasteiger partial charge is 0.124 e. The van der Waals surface area contributed by atoms with Crippen LogP contribution < -0.4 is 10.1 Å². The van der Waals surface area contributed by atoms with E-state index < -0.39 is 0 Å². The molecule has 0 aliphatic rings. The first-order valence-corrected chi connectivity index (χ1v) is 9.42. The molecule has 0 aromatic heterocycles. The van der Waals surface area contributed by atoms with Crippen molar-refractivity contribution in [2.45, 2.75) is 40.3 Å². The van der Waals surface area contributed by atoms with Crippen LogP contribution in [0.4, 0.5) is 0 Å². The third-order valence-electron chi connectivity index (χ3n) is 4.53. The minimum atomic E-state index is 0.610. The highest BCUT2D eigenvalue weighted by Gasteiger charge is 2.04. The Kier molecular flexibility index (Phi) is 8.50. The maximum absolute atomic E-state index is 6.04. The third-order valence-corrected chi connectivity index (χ3v) is 4.53. The quantitative estimate of drug-likeness (QED) is 0.614. The van der Waals surface area contributed by atoms with Crippen LogP contribution in [0.2, 0.25) is 0 Å². The van der Waals surface area contributed by atoms with Crippen molar-refractivity contribution in [3.8, 4) is 5.75 Å². The molecular formula is C22H32N2O. The highest BCUT2D eigenvalue weighted by atomic mass is 16.5. The van der Waals surface area contributed by atoms with Gasteiger partial charge in [-0.2, -0.15) is 0 Å². The van der Waals surface area contributed by atoms with Gasteiger partial charge in [0, 0.05) is 12.1 Å². The van der Waals surface area contributed by atoms with Crippen molar-refractivity contribution < 1.29 is 4.74 Å². The molecule has 0 aliphatic heterocycles. The summed E-state index contributed by atoms with van der Waals surface area (Å²) in [4.78, 5) is 2.46. The van der Waals surface area contributed by atoms with Gasteiger partial charge in [0.2, 0.25) is 0 Å². The second-order valence-electron chi connectivity index (χ2n) is 6.44. The van der Waals surface area contributed by atoms with Crippen LogP contribution in [0.15, 0.2) is 48.5 Å². The lowest BCUT2D eigenvalue weighted by molar-refractivity contribution is 0.295. The van der Waals surface area contributed by atoms with Gasteiger partial charge >= 0.3 is 0 Å². The number of hydrogen-bond acceptors (Lipinski definition) is 3. The average Bonchev–Trinajstić information content (AvgIpc) is 2.65. The summed E-state index contributed by atoms with van der Waals surface area (Å²) in [6, 6.07) is 16.8. The lowest BCUT2D eigenvalue weighted by Gasteiger charge is -2.18. The van der Waals surface area contributed by atoms with Gasteiger partial charge in [-0.3, -0.25) is 0 Å². The summed E-state index contributed by atoms with van der Waals surface area (Å²) in [6.45, 7) is 12.5. The van der Waals surface area contributed by atoms with Crippen LogP contribution >= 0.6 is 0 Å². The van der Waals surface area contributed by atoms with Crippen LogP contribution in [0, 0.1) is 6.92 Å². The molecule has 0 radical (unpaired) electrons. The lowest BCUT2D eigenvalue weighted by atomic mass is 10.1. The van der Waals surface area contributed by atoms with E-state index in [2.05, 4.69) is 73.5 Å². The Hall–Kier alpha value is -1.84. The average molecular weight is 341 g/mol. The summed E-state index contributed by atoms with van der Waals surface area (Å²) in [6.07, 6.45) is 1.17. The monoisotopic (exact) mass is 340 g/mol. The highest BCUT2D eigenvalue weighted by molar-refractivity contribution is 5.33. The molecule has 2 aromatic carbocycles. The Balaban J connectivity index is 1.78. The molecular weight excluding hydrogens is 308 g/mol. The maximum Gasteiger partial charge on any atom is 0.124 e. The molecule has 136 valence electrons. The van der Waals surface area contributed by atoms with E-state index in [9.17, 15) is 0 Å². The predicted molar refractivity (Wildman–Crippen MR) is 106 cm³/mol. The molecule has 2 rings (SSSR count). The molecule has 0 saturated heterocycles. The molecule has 25 heavy (non-hydrogen) atoms. The van der Waals surface area contributed by atoms with Gasteiger partial charge in [-0.25, -0.2) is 0 Å². The molecule has 0 amide bonds. The molecule has 3 heteroatoms. The van der Waals surface area contributed by atoms with E-state index in [1.807, 2.05) is 6.07 Å². The van der Waals surface area contributed by atoms with Crippen LogP contribution in [0.5, 0.6) is 5.75 Å². The summed E-state index contributed by atoms with van der Waals surface area (Å²) in [5.74, 6) is 0.972. The number of benzene rings is 2. The number of rotatable bonds is 11. The van der Waals surface area contributed by atoms with Gasteiger partial charge in [-0.15, -0.1) is 0 Å². The van der Waals surface area contributed by atoms with Gasteiger partial charge in [-0.05, 0) is 51.2 Å². The number of nitrogens with zero attached hydrogens (tertiary/aromatic N) is 1. The van der Waals surface area contributed by atoms with Crippen LogP contribution in [0.3, 0.4) is 0 Å². The van der Waals surface area contributed by atoms with Gasteiger partial charge in [0.1, 0.15) is 12.4 Å². The fourth-order valence-electron chi connectivity index (χ4n) is 2.83. The second-order valence-corrected chi connectivity index (χ2v) is 6.44.